The lowest BCUT2D eigenvalue weighted by Gasteiger charge is -2.05. The van der Waals surface area contributed by atoms with Crippen LogP contribution in [-0.2, 0) is 15.6 Å². The van der Waals surface area contributed by atoms with Crippen molar-refractivity contribution in [3.05, 3.63) is 46.5 Å². The number of rotatable bonds is 5. The van der Waals surface area contributed by atoms with Crippen molar-refractivity contribution in [2.45, 2.75) is 5.75 Å². The maximum Gasteiger partial charge on any atom is 0.251 e. The lowest BCUT2D eigenvalue weighted by molar-refractivity contribution is 0.0958. The molecule has 0 aliphatic carbocycles. The van der Waals surface area contributed by atoms with E-state index in [-0.39, 0.29) is 11.7 Å². The molecule has 6 heteroatoms. The summed E-state index contributed by atoms with van der Waals surface area (Å²) in [4.78, 5) is 11.7. The molecule has 0 saturated carbocycles. The third-order valence-corrected chi connectivity index (χ3v) is 3.22. The van der Waals surface area contributed by atoms with Crippen LogP contribution in [0.5, 0.6) is 0 Å². The molecule has 0 aromatic heterocycles. The quantitative estimate of drug-likeness (QED) is 0.895. The van der Waals surface area contributed by atoms with Gasteiger partial charge in [-0.1, -0.05) is 34.6 Å². The van der Waals surface area contributed by atoms with E-state index in [1.807, 2.05) is 0 Å². The van der Waals surface area contributed by atoms with E-state index in [0.717, 1.165) is 0 Å². The Labute approximate surface area is 115 Å². The highest BCUT2D eigenvalue weighted by molar-refractivity contribution is 9.11. The normalized spacial score (nSPS) is 11.0. The van der Waals surface area contributed by atoms with Crippen LogP contribution in [0.25, 0.3) is 0 Å². The van der Waals surface area contributed by atoms with Crippen molar-refractivity contribution in [1.29, 1.82) is 0 Å². The fraction of sp³-hybridized carbons (Fsp3) is 0.250. The first-order valence-electron chi connectivity index (χ1n) is 5.16. The summed E-state index contributed by atoms with van der Waals surface area (Å²) in [7, 11) is -3.05. The summed E-state index contributed by atoms with van der Waals surface area (Å²) in [5.74, 6) is -0.242. The summed E-state index contributed by atoms with van der Waals surface area (Å²) < 4.78 is 22.9. The minimum atomic E-state index is -3.05. The molecule has 0 saturated heterocycles. The molecule has 0 spiro atoms. The van der Waals surface area contributed by atoms with Crippen molar-refractivity contribution in [2.75, 3.05) is 12.8 Å². The minimum absolute atomic E-state index is 0.0207. The molecule has 1 aromatic carbocycles. The van der Waals surface area contributed by atoms with Crippen LogP contribution < -0.4 is 5.32 Å². The summed E-state index contributed by atoms with van der Waals surface area (Å²) in [6.07, 6.45) is 1.18. The molecule has 1 rings (SSSR count). The monoisotopic (exact) mass is 331 g/mol. The fourth-order valence-electron chi connectivity index (χ4n) is 1.33. The molecule has 1 amide bonds. The van der Waals surface area contributed by atoms with E-state index in [9.17, 15) is 13.2 Å². The number of hydrogen-bond acceptors (Lipinski definition) is 3. The van der Waals surface area contributed by atoms with Crippen LogP contribution in [-0.4, -0.2) is 27.1 Å². The zero-order valence-electron chi connectivity index (χ0n) is 9.94. The smallest absolute Gasteiger partial charge is 0.251 e. The minimum Gasteiger partial charge on any atom is -0.347 e. The fourth-order valence-corrected chi connectivity index (χ4v) is 2.27. The molecule has 18 heavy (non-hydrogen) atoms. The molecule has 0 radical (unpaired) electrons. The number of carbonyl (C=O) groups is 1. The number of sulfone groups is 1. The van der Waals surface area contributed by atoms with Gasteiger partial charge in [-0.2, -0.15) is 0 Å². The van der Waals surface area contributed by atoms with Crippen molar-refractivity contribution in [3.8, 4) is 0 Å². The average Bonchev–Trinajstić information content (AvgIpc) is 2.24. The number of benzene rings is 1. The van der Waals surface area contributed by atoms with Crippen LogP contribution in [0.15, 0.2) is 35.3 Å². The zero-order chi connectivity index (χ0) is 13.8. The van der Waals surface area contributed by atoms with Gasteiger partial charge in [-0.05, 0) is 17.7 Å². The molecule has 4 nitrogen and oxygen atoms in total. The first-order chi connectivity index (χ1) is 8.28. The van der Waals surface area contributed by atoms with Crippen molar-refractivity contribution in [2.24, 2.45) is 0 Å². The molecule has 0 aliphatic heterocycles. The van der Waals surface area contributed by atoms with E-state index in [1.165, 1.54) is 6.26 Å². The largest absolute Gasteiger partial charge is 0.347 e. The highest BCUT2D eigenvalue weighted by Gasteiger charge is 2.07. The first-order valence-corrected chi connectivity index (χ1v) is 8.01. The van der Waals surface area contributed by atoms with E-state index in [2.05, 4.69) is 27.8 Å². The summed E-state index contributed by atoms with van der Waals surface area (Å²) in [6.45, 7) is 3.96. The molecule has 1 aromatic rings. The van der Waals surface area contributed by atoms with Gasteiger partial charge in [0.2, 0.25) is 0 Å². The van der Waals surface area contributed by atoms with E-state index in [1.54, 1.807) is 24.3 Å². The molecule has 0 unspecified atom stereocenters. The Morgan fingerprint density at radius 3 is 2.33 bits per heavy atom. The summed E-state index contributed by atoms with van der Waals surface area (Å²) in [5, 5.41) is 2.66. The second-order valence-corrected chi connectivity index (χ2v) is 7.23. The lowest BCUT2D eigenvalue weighted by atomic mass is 10.1. The van der Waals surface area contributed by atoms with Crippen LogP contribution >= 0.6 is 15.9 Å². The van der Waals surface area contributed by atoms with Gasteiger partial charge in [0.05, 0.1) is 5.75 Å². The van der Waals surface area contributed by atoms with Gasteiger partial charge in [0.25, 0.3) is 5.91 Å². The number of halogens is 1. The Morgan fingerprint density at radius 1 is 1.33 bits per heavy atom. The molecule has 98 valence electrons. The Morgan fingerprint density at radius 2 is 1.89 bits per heavy atom. The Balaban J connectivity index is 2.71. The molecule has 0 bridgehead atoms. The lowest BCUT2D eigenvalue weighted by Crippen LogP contribution is -2.24. The van der Waals surface area contributed by atoms with Gasteiger partial charge in [-0.25, -0.2) is 8.42 Å². The van der Waals surface area contributed by atoms with Gasteiger partial charge in [0.15, 0.2) is 9.84 Å². The van der Waals surface area contributed by atoms with E-state index < -0.39 is 9.84 Å². The summed E-state index contributed by atoms with van der Waals surface area (Å²) >= 11 is 3.14. The van der Waals surface area contributed by atoms with E-state index >= 15 is 0 Å². The summed E-state index contributed by atoms with van der Waals surface area (Å²) in [6, 6.07) is 6.48. The predicted molar refractivity (Wildman–Crippen MR) is 75.4 cm³/mol. The SMILES string of the molecule is C=C(Br)CNC(=O)c1ccc(CS(C)(=O)=O)cc1. The predicted octanol–water partition coefficient (Wildman–Crippen LogP) is 1.87. The summed E-state index contributed by atoms with van der Waals surface area (Å²) in [5.41, 5.74) is 1.15. The second-order valence-electron chi connectivity index (χ2n) is 3.97. The average molecular weight is 332 g/mol. The first kappa shape index (κ1) is 14.9. The second kappa shape index (κ2) is 6.15. The van der Waals surface area contributed by atoms with Crippen molar-refractivity contribution < 1.29 is 13.2 Å². The van der Waals surface area contributed by atoms with Gasteiger partial charge < -0.3 is 5.32 Å². The Bertz CT molecular complexity index is 549. The van der Waals surface area contributed by atoms with Gasteiger partial charge in [-0.15, -0.1) is 0 Å². The number of amides is 1. The number of nitrogens with one attached hydrogen (secondary N) is 1. The van der Waals surface area contributed by atoms with Gasteiger partial charge in [0, 0.05) is 22.8 Å². The molecule has 0 aliphatic rings. The van der Waals surface area contributed by atoms with Crippen molar-refractivity contribution in [3.63, 3.8) is 0 Å². The van der Waals surface area contributed by atoms with Crippen LogP contribution in [0.1, 0.15) is 15.9 Å². The third-order valence-electron chi connectivity index (χ3n) is 2.09. The maximum atomic E-state index is 11.7. The Kier molecular flexibility index (Phi) is 5.10. The molecular weight excluding hydrogens is 318 g/mol. The van der Waals surface area contributed by atoms with Gasteiger partial charge in [0.1, 0.15) is 0 Å². The van der Waals surface area contributed by atoms with Crippen LogP contribution in [0.4, 0.5) is 0 Å². The molecular formula is C12H14BrNO3S. The molecule has 0 fully saturated rings. The number of hydrogen-bond donors (Lipinski definition) is 1. The van der Waals surface area contributed by atoms with Gasteiger partial charge in [-0.3, -0.25) is 4.79 Å². The van der Waals surface area contributed by atoms with E-state index in [0.29, 0.717) is 22.2 Å². The highest BCUT2D eigenvalue weighted by atomic mass is 79.9. The zero-order valence-corrected chi connectivity index (χ0v) is 12.3. The van der Waals surface area contributed by atoms with E-state index in [4.69, 9.17) is 0 Å². The van der Waals surface area contributed by atoms with Crippen molar-refractivity contribution in [1.82, 2.24) is 5.32 Å². The van der Waals surface area contributed by atoms with Crippen LogP contribution in [0.2, 0.25) is 0 Å². The number of carbonyl (C=O) groups excluding carboxylic acids is 1. The molecule has 0 atom stereocenters. The highest BCUT2D eigenvalue weighted by Crippen LogP contribution is 2.08. The maximum absolute atomic E-state index is 11.7. The van der Waals surface area contributed by atoms with Crippen LogP contribution in [0, 0.1) is 0 Å². The topological polar surface area (TPSA) is 63.2 Å². The van der Waals surface area contributed by atoms with Gasteiger partial charge >= 0.3 is 0 Å². The molecule has 1 N–H and O–H groups in total. The van der Waals surface area contributed by atoms with Crippen molar-refractivity contribution >= 4 is 31.7 Å². The standard InChI is InChI=1S/C12H14BrNO3S/c1-9(13)7-14-12(15)11-5-3-10(4-6-11)8-18(2,16)17/h3-6H,1,7-8H2,2H3,(H,14,15). The molecule has 0 heterocycles. The van der Waals surface area contributed by atoms with Crippen LogP contribution in [0.3, 0.4) is 0 Å². The Hall–Kier alpha value is -1.14. The third kappa shape index (κ3) is 5.46.